The first-order valence-electron chi connectivity index (χ1n) is 24.0. The Bertz CT molecular complexity index is 3830. The first-order valence-corrected chi connectivity index (χ1v) is 24.0. The fraction of sp³-hybridized carbons (Fsp3) is 0.134. The van der Waals surface area contributed by atoms with Gasteiger partial charge in [-0.1, -0.05) is 217 Å². The summed E-state index contributed by atoms with van der Waals surface area (Å²) in [5.41, 5.74) is 20.5. The molecule has 0 N–H and O–H groups in total. The third-order valence-electron chi connectivity index (χ3n) is 15.3. The van der Waals surface area contributed by atoms with Gasteiger partial charge in [-0.15, -0.1) is 0 Å². The summed E-state index contributed by atoms with van der Waals surface area (Å²) in [5.74, 6) is 0. The van der Waals surface area contributed by atoms with Crippen molar-refractivity contribution in [1.82, 2.24) is 0 Å². The Kier molecular flexibility index (Phi) is 8.45. The standard InChI is InChI=1S/C67H52/c1-65(2,3)49-30-34-56-58(39-49)64(48-26-24-42-16-8-10-18-44(42)36-48)55-32-28-45(37-57(55)63(56)47-25-23-41-15-7-9-17-43(41)35-47)46-27-31-53-54-33-29-50(66(4,5)6)40-62(54)67(61(53)38-46)59-21-13-11-19-51(59)52-20-12-14-22-60(52)67/h7-40H,1-6H3. The summed E-state index contributed by atoms with van der Waals surface area (Å²) in [6, 6.07) is 79.1. The van der Waals surface area contributed by atoms with E-state index in [4.69, 9.17) is 0 Å². The van der Waals surface area contributed by atoms with Gasteiger partial charge in [0.15, 0.2) is 0 Å². The van der Waals surface area contributed by atoms with Gasteiger partial charge in [0.2, 0.25) is 0 Å². The highest BCUT2D eigenvalue weighted by molar-refractivity contribution is 6.23. The zero-order chi connectivity index (χ0) is 45.4. The maximum absolute atomic E-state index is 2.54. The Balaban J connectivity index is 1.11. The van der Waals surface area contributed by atoms with Crippen molar-refractivity contribution in [3.8, 4) is 55.6 Å². The van der Waals surface area contributed by atoms with Crippen LogP contribution in [0.25, 0.3) is 98.7 Å². The van der Waals surface area contributed by atoms with Crippen LogP contribution in [0.4, 0.5) is 0 Å². The van der Waals surface area contributed by atoms with Gasteiger partial charge in [-0.2, -0.15) is 0 Å². The van der Waals surface area contributed by atoms with Crippen LogP contribution in [0.5, 0.6) is 0 Å². The summed E-state index contributed by atoms with van der Waals surface area (Å²) < 4.78 is 0. The maximum atomic E-state index is 2.54. The van der Waals surface area contributed by atoms with Crippen LogP contribution < -0.4 is 0 Å². The minimum atomic E-state index is -0.438. The molecule has 0 bridgehead atoms. The molecule has 1 spiro atoms. The van der Waals surface area contributed by atoms with Crippen molar-refractivity contribution in [1.29, 1.82) is 0 Å². The van der Waals surface area contributed by atoms with Crippen LogP contribution in [0.2, 0.25) is 0 Å². The van der Waals surface area contributed by atoms with Crippen molar-refractivity contribution < 1.29 is 0 Å². The summed E-state index contributed by atoms with van der Waals surface area (Å²) in [7, 11) is 0. The lowest BCUT2D eigenvalue weighted by molar-refractivity contribution is 0.588. The fourth-order valence-electron chi connectivity index (χ4n) is 12.0. The van der Waals surface area contributed by atoms with Crippen molar-refractivity contribution in [3.63, 3.8) is 0 Å². The van der Waals surface area contributed by atoms with Gasteiger partial charge in [-0.3, -0.25) is 0 Å². The smallest absolute Gasteiger partial charge is 0.0619 e. The van der Waals surface area contributed by atoms with Crippen LogP contribution in [-0.2, 0) is 16.2 Å². The van der Waals surface area contributed by atoms with Crippen molar-refractivity contribution in [2.75, 3.05) is 0 Å². The molecule has 0 aromatic heterocycles. The van der Waals surface area contributed by atoms with Crippen molar-refractivity contribution in [3.05, 3.63) is 240 Å². The average Bonchev–Trinajstić information content (AvgIpc) is 3.81. The van der Waals surface area contributed by atoms with Crippen molar-refractivity contribution in [2.45, 2.75) is 57.8 Å². The highest BCUT2D eigenvalue weighted by Crippen LogP contribution is 2.63. The van der Waals surface area contributed by atoms with E-state index in [1.54, 1.807) is 0 Å². The number of rotatable bonds is 3. The van der Waals surface area contributed by atoms with Crippen LogP contribution in [0.1, 0.15) is 74.9 Å². The molecule has 0 saturated heterocycles. The first-order chi connectivity index (χ1) is 32.5. The Morgan fingerprint density at radius 1 is 0.269 bits per heavy atom. The second-order valence-corrected chi connectivity index (χ2v) is 21.3. The van der Waals surface area contributed by atoms with Crippen LogP contribution in [0.3, 0.4) is 0 Å². The molecule has 0 saturated carbocycles. The van der Waals surface area contributed by atoms with E-state index in [1.165, 1.54) is 132 Å². The first kappa shape index (κ1) is 39.8. The highest BCUT2D eigenvalue weighted by Gasteiger charge is 2.52. The summed E-state index contributed by atoms with van der Waals surface area (Å²) in [5, 5.41) is 10.1. The summed E-state index contributed by atoms with van der Waals surface area (Å²) in [6.07, 6.45) is 0. The summed E-state index contributed by atoms with van der Waals surface area (Å²) in [6.45, 7) is 14.0. The van der Waals surface area contributed by atoms with E-state index in [2.05, 4.69) is 248 Å². The van der Waals surface area contributed by atoms with Gasteiger partial charge >= 0.3 is 0 Å². The number of fused-ring (bicyclic) bond motifs is 14. The second kappa shape index (κ2) is 14.2. The maximum Gasteiger partial charge on any atom is 0.0725 e. The van der Waals surface area contributed by atoms with Crippen LogP contribution >= 0.6 is 0 Å². The van der Waals surface area contributed by atoms with E-state index in [9.17, 15) is 0 Å². The highest BCUT2D eigenvalue weighted by atomic mass is 14.5. The lowest BCUT2D eigenvalue weighted by atomic mass is 9.69. The molecular formula is C67H52. The van der Waals surface area contributed by atoms with E-state index >= 15 is 0 Å². The molecule has 67 heavy (non-hydrogen) atoms. The van der Waals surface area contributed by atoms with Gasteiger partial charge in [-0.25, -0.2) is 0 Å². The molecule has 0 heterocycles. The number of hydrogen-bond donors (Lipinski definition) is 0. The molecule has 0 heteroatoms. The van der Waals surface area contributed by atoms with Gasteiger partial charge in [0.25, 0.3) is 0 Å². The predicted molar refractivity (Wildman–Crippen MR) is 286 cm³/mol. The van der Waals surface area contributed by atoms with Crippen molar-refractivity contribution >= 4 is 43.1 Å². The van der Waals surface area contributed by atoms with E-state index in [1.807, 2.05) is 0 Å². The average molecular weight is 857 g/mol. The van der Waals surface area contributed by atoms with Gasteiger partial charge in [0, 0.05) is 0 Å². The van der Waals surface area contributed by atoms with E-state index in [0.717, 1.165) is 0 Å². The SMILES string of the molecule is CC(C)(C)c1ccc2c(c1)C1(c3ccccc3-c3ccccc31)c1cc(-c3ccc4c(-c5ccc6ccccc6c5)c5cc(C(C)(C)C)ccc5c(-c5ccc6ccccc6c5)c4c3)ccc1-2. The molecule has 0 unspecified atom stereocenters. The molecule has 0 fully saturated rings. The quantitative estimate of drug-likeness (QED) is 0.155. The molecule has 0 atom stereocenters. The lowest BCUT2D eigenvalue weighted by Crippen LogP contribution is -2.26. The fourth-order valence-corrected chi connectivity index (χ4v) is 12.0. The van der Waals surface area contributed by atoms with Crippen LogP contribution in [0.15, 0.2) is 206 Å². The van der Waals surface area contributed by atoms with Gasteiger partial charge in [0.05, 0.1) is 5.41 Å². The van der Waals surface area contributed by atoms with Crippen LogP contribution in [-0.4, -0.2) is 0 Å². The van der Waals surface area contributed by atoms with Gasteiger partial charge in [0.1, 0.15) is 0 Å². The lowest BCUT2D eigenvalue weighted by Gasteiger charge is -2.32. The molecule has 11 aromatic rings. The molecule has 0 aliphatic heterocycles. The molecule has 0 radical (unpaired) electrons. The minimum Gasteiger partial charge on any atom is -0.0619 e. The third kappa shape index (κ3) is 5.85. The molecule has 11 aromatic carbocycles. The molecule has 0 amide bonds. The van der Waals surface area contributed by atoms with Gasteiger partial charge in [-0.05, 0) is 173 Å². The largest absolute Gasteiger partial charge is 0.0725 e. The molecule has 2 aliphatic carbocycles. The van der Waals surface area contributed by atoms with E-state index < -0.39 is 5.41 Å². The molecular weight excluding hydrogens is 805 g/mol. The van der Waals surface area contributed by atoms with Crippen LogP contribution in [0, 0.1) is 0 Å². The Morgan fingerprint density at radius 2 is 0.672 bits per heavy atom. The van der Waals surface area contributed by atoms with Crippen molar-refractivity contribution in [2.24, 2.45) is 0 Å². The monoisotopic (exact) mass is 856 g/mol. The second-order valence-electron chi connectivity index (χ2n) is 21.3. The molecule has 0 nitrogen and oxygen atoms in total. The summed E-state index contributed by atoms with van der Waals surface area (Å²) in [4.78, 5) is 0. The van der Waals surface area contributed by atoms with E-state index in [-0.39, 0.29) is 10.8 Å². The number of benzene rings is 11. The normalized spacial score (nSPS) is 13.6. The topological polar surface area (TPSA) is 0 Å². The Labute approximate surface area is 394 Å². The minimum absolute atomic E-state index is 0.00578. The zero-order valence-electron chi connectivity index (χ0n) is 39.1. The zero-order valence-corrected chi connectivity index (χ0v) is 39.1. The predicted octanol–water partition coefficient (Wildman–Crippen LogP) is 18.2. The molecule has 13 rings (SSSR count). The van der Waals surface area contributed by atoms with Gasteiger partial charge < -0.3 is 0 Å². The van der Waals surface area contributed by atoms with E-state index in [0.29, 0.717) is 0 Å². The Hall–Kier alpha value is -7.54. The summed E-state index contributed by atoms with van der Waals surface area (Å²) >= 11 is 0. The Morgan fingerprint density at radius 3 is 1.25 bits per heavy atom. The molecule has 320 valence electrons. The third-order valence-corrected chi connectivity index (χ3v) is 15.3. The molecule has 2 aliphatic rings. The number of hydrogen-bond acceptors (Lipinski definition) is 0.